The fraction of sp³-hybridized carbons (Fsp3) is 0.333. The fourth-order valence-electron chi connectivity index (χ4n) is 1.59. The van der Waals surface area contributed by atoms with Crippen molar-refractivity contribution >= 4 is 11.6 Å². The highest BCUT2D eigenvalue weighted by Gasteiger charge is 2.08. The predicted octanol–water partition coefficient (Wildman–Crippen LogP) is 3.35. The van der Waals surface area contributed by atoms with Crippen molar-refractivity contribution < 1.29 is 0 Å². The first-order valence-corrected chi connectivity index (χ1v) is 5.64. The molecular formula is C12H14ClN3. The van der Waals surface area contributed by atoms with Gasteiger partial charge in [0.2, 0.25) is 0 Å². The second kappa shape index (κ2) is 4.26. The first-order chi connectivity index (χ1) is 7.59. The van der Waals surface area contributed by atoms with Crippen LogP contribution in [0.3, 0.4) is 0 Å². The molecule has 16 heavy (non-hydrogen) atoms. The average Bonchev–Trinajstić information content (AvgIpc) is 2.64. The summed E-state index contributed by atoms with van der Waals surface area (Å²) >= 11 is 6.25. The third kappa shape index (κ3) is 1.95. The molecule has 2 aromatic rings. The van der Waals surface area contributed by atoms with Crippen LogP contribution < -0.4 is 0 Å². The van der Waals surface area contributed by atoms with Gasteiger partial charge in [0.15, 0.2) is 0 Å². The van der Waals surface area contributed by atoms with E-state index in [2.05, 4.69) is 30.0 Å². The Labute approximate surface area is 100 Å². The van der Waals surface area contributed by atoms with E-state index < -0.39 is 0 Å². The second-order valence-corrected chi connectivity index (χ2v) is 4.49. The number of nitrogens with zero attached hydrogens (tertiary/aromatic N) is 3. The normalized spacial score (nSPS) is 11.1. The Bertz CT molecular complexity index is 503. The van der Waals surface area contributed by atoms with Crippen molar-refractivity contribution in [2.75, 3.05) is 0 Å². The van der Waals surface area contributed by atoms with Crippen LogP contribution in [-0.2, 0) is 0 Å². The number of hydrogen-bond acceptors (Lipinski definition) is 2. The minimum atomic E-state index is 0.475. The van der Waals surface area contributed by atoms with Crippen LogP contribution in [0.5, 0.6) is 0 Å². The number of benzene rings is 1. The summed E-state index contributed by atoms with van der Waals surface area (Å²) in [6, 6.07) is 6.05. The second-order valence-electron chi connectivity index (χ2n) is 4.08. The van der Waals surface area contributed by atoms with E-state index in [1.165, 1.54) is 11.9 Å². The van der Waals surface area contributed by atoms with E-state index in [9.17, 15) is 0 Å². The van der Waals surface area contributed by atoms with E-state index in [-0.39, 0.29) is 0 Å². The van der Waals surface area contributed by atoms with Gasteiger partial charge in [-0.05, 0) is 30.5 Å². The Balaban J connectivity index is 2.48. The highest BCUT2D eigenvalue weighted by Crippen LogP contribution is 2.25. The van der Waals surface area contributed by atoms with Gasteiger partial charge in [0, 0.05) is 0 Å². The summed E-state index contributed by atoms with van der Waals surface area (Å²) in [5.41, 5.74) is 2.10. The van der Waals surface area contributed by atoms with Gasteiger partial charge in [-0.15, -0.1) is 0 Å². The first kappa shape index (κ1) is 11.1. The molecule has 2 rings (SSSR count). The van der Waals surface area contributed by atoms with Gasteiger partial charge >= 0.3 is 0 Å². The maximum atomic E-state index is 6.25. The molecular weight excluding hydrogens is 222 g/mol. The molecule has 0 N–H and O–H groups in total. The van der Waals surface area contributed by atoms with Crippen molar-refractivity contribution in [1.82, 2.24) is 14.8 Å². The van der Waals surface area contributed by atoms with Gasteiger partial charge in [-0.25, -0.2) is 9.67 Å². The van der Waals surface area contributed by atoms with Crippen molar-refractivity contribution in [3.05, 3.63) is 40.9 Å². The Hall–Kier alpha value is -1.35. The zero-order chi connectivity index (χ0) is 11.7. The number of halogens is 1. The number of aryl methyl sites for hydroxylation is 1. The summed E-state index contributed by atoms with van der Waals surface area (Å²) in [6.07, 6.45) is 1.53. The summed E-state index contributed by atoms with van der Waals surface area (Å²) in [5.74, 6) is 1.31. The highest BCUT2D eigenvalue weighted by molar-refractivity contribution is 6.32. The number of hydrogen-bond donors (Lipinski definition) is 0. The molecule has 0 radical (unpaired) electrons. The average molecular weight is 236 g/mol. The largest absolute Gasteiger partial charge is 0.220 e. The summed E-state index contributed by atoms with van der Waals surface area (Å²) in [5, 5.41) is 4.85. The van der Waals surface area contributed by atoms with Gasteiger partial charge < -0.3 is 0 Å². The molecule has 84 valence electrons. The number of aromatic nitrogens is 3. The van der Waals surface area contributed by atoms with E-state index in [1.54, 1.807) is 4.68 Å². The zero-order valence-electron chi connectivity index (χ0n) is 9.61. The minimum absolute atomic E-state index is 0.475. The fourth-order valence-corrected chi connectivity index (χ4v) is 1.86. The third-order valence-corrected chi connectivity index (χ3v) is 2.89. The van der Waals surface area contributed by atoms with Crippen LogP contribution in [0.15, 0.2) is 24.5 Å². The summed E-state index contributed by atoms with van der Waals surface area (Å²) in [6.45, 7) is 6.19. The third-order valence-electron chi connectivity index (χ3n) is 2.58. The smallest absolute Gasteiger partial charge is 0.138 e. The van der Waals surface area contributed by atoms with E-state index in [0.29, 0.717) is 10.9 Å². The molecule has 0 saturated carbocycles. The molecule has 1 heterocycles. The number of rotatable bonds is 2. The standard InChI is InChI=1S/C12H14ClN3/c1-8(2)10-4-5-12(11(13)6-10)16-9(3)14-7-15-16/h4-8H,1-3H3. The van der Waals surface area contributed by atoms with Crippen LogP contribution in [0.1, 0.15) is 31.2 Å². The molecule has 1 aromatic carbocycles. The van der Waals surface area contributed by atoms with E-state index in [4.69, 9.17) is 11.6 Å². The maximum absolute atomic E-state index is 6.25. The Morgan fingerprint density at radius 3 is 2.56 bits per heavy atom. The van der Waals surface area contributed by atoms with Crippen LogP contribution in [0, 0.1) is 6.92 Å². The van der Waals surface area contributed by atoms with Gasteiger partial charge in [-0.2, -0.15) is 5.10 Å². The molecule has 0 fully saturated rings. The maximum Gasteiger partial charge on any atom is 0.138 e. The molecule has 1 aromatic heterocycles. The van der Waals surface area contributed by atoms with E-state index in [1.807, 2.05) is 19.1 Å². The first-order valence-electron chi connectivity index (χ1n) is 5.26. The predicted molar refractivity (Wildman–Crippen MR) is 65.2 cm³/mol. The van der Waals surface area contributed by atoms with Crippen molar-refractivity contribution in [2.45, 2.75) is 26.7 Å². The van der Waals surface area contributed by atoms with Crippen LogP contribution in [0.25, 0.3) is 5.69 Å². The lowest BCUT2D eigenvalue weighted by molar-refractivity contribution is 0.832. The molecule has 0 unspecified atom stereocenters. The van der Waals surface area contributed by atoms with E-state index in [0.717, 1.165) is 11.5 Å². The van der Waals surface area contributed by atoms with Gasteiger partial charge in [0.1, 0.15) is 12.2 Å². The highest BCUT2D eigenvalue weighted by atomic mass is 35.5. The quantitative estimate of drug-likeness (QED) is 0.799. The van der Waals surface area contributed by atoms with Crippen LogP contribution in [0.2, 0.25) is 5.02 Å². The van der Waals surface area contributed by atoms with Crippen molar-refractivity contribution in [1.29, 1.82) is 0 Å². The molecule has 0 aliphatic carbocycles. The molecule has 4 heteroatoms. The topological polar surface area (TPSA) is 30.7 Å². The summed E-state index contributed by atoms with van der Waals surface area (Å²) < 4.78 is 1.74. The Kier molecular flexibility index (Phi) is 2.97. The SMILES string of the molecule is Cc1ncnn1-c1ccc(C(C)C)cc1Cl. The van der Waals surface area contributed by atoms with E-state index >= 15 is 0 Å². The Morgan fingerprint density at radius 2 is 2.06 bits per heavy atom. The van der Waals surface area contributed by atoms with Crippen LogP contribution in [0.4, 0.5) is 0 Å². The molecule has 0 spiro atoms. The van der Waals surface area contributed by atoms with Crippen molar-refractivity contribution in [3.8, 4) is 5.69 Å². The lowest BCUT2D eigenvalue weighted by Crippen LogP contribution is -2.01. The lowest BCUT2D eigenvalue weighted by atomic mass is 10.0. The molecule has 0 saturated heterocycles. The van der Waals surface area contributed by atoms with Gasteiger partial charge in [-0.3, -0.25) is 0 Å². The minimum Gasteiger partial charge on any atom is -0.220 e. The van der Waals surface area contributed by atoms with Crippen molar-refractivity contribution in [2.24, 2.45) is 0 Å². The lowest BCUT2D eigenvalue weighted by Gasteiger charge is -2.10. The van der Waals surface area contributed by atoms with Crippen molar-refractivity contribution in [3.63, 3.8) is 0 Å². The van der Waals surface area contributed by atoms with Gasteiger partial charge in [-0.1, -0.05) is 31.5 Å². The molecule has 3 nitrogen and oxygen atoms in total. The Morgan fingerprint density at radius 1 is 1.31 bits per heavy atom. The molecule has 0 aliphatic heterocycles. The summed E-state index contributed by atoms with van der Waals surface area (Å²) in [7, 11) is 0. The zero-order valence-corrected chi connectivity index (χ0v) is 10.4. The molecule has 0 atom stereocenters. The van der Waals surface area contributed by atoms with Gasteiger partial charge in [0.25, 0.3) is 0 Å². The van der Waals surface area contributed by atoms with Gasteiger partial charge in [0.05, 0.1) is 10.7 Å². The molecule has 0 aliphatic rings. The van der Waals surface area contributed by atoms with Crippen LogP contribution in [-0.4, -0.2) is 14.8 Å². The summed E-state index contributed by atoms with van der Waals surface area (Å²) in [4.78, 5) is 4.08. The molecule has 0 amide bonds. The van der Waals surface area contributed by atoms with Crippen LogP contribution >= 0.6 is 11.6 Å². The molecule has 0 bridgehead atoms. The monoisotopic (exact) mass is 235 g/mol.